The lowest BCUT2D eigenvalue weighted by Crippen LogP contribution is -2.22. The van der Waals surface area contributed by atoms with E-state index in [4.69, 9.17) is 4.52 Å². The van der Waals surface area contributed by atoms with Crippen molar-refractivity contribution in [3.8, 4) is 11.5 Å². The largest absolute Gasteiger partial charge is 0.334 e. The van der Waals surface area contributed by atoms with Crippen LogP contribution in [0.2, 0.25) is 0 Å². The molecule has 96 valence electrons. The third-order valence-corrected chi connectivity index (χ3v) is 2.79. The molecule has 1 N–H and O–H groups in total. The van der Waals surface area contributed by atoms with Crippen LogP contribution < -0.4 is 5.32 Å². The van der Waals surface area contributed by atoms with Crippen LogP contribution in [0.4, 0.5) is 4.39 Å². The number of hydrogen-bond donors (Lipinski definition) is 1. The van der Waals surface area contributed by atoms with Gasteiger partial charge in [-0.05, 0) is 18.2 Å². The molecule has 1 aromatic heterocycles. The number of aromatic nitrogens is 2. The van der Waals surface area contributed by atoms with Crippen LogP contribution in [-0.2, 0) is 6.54 Å². The van der Waals surface area contributed by atoms with Crippen LogP contribution in [0.1, 0.15) is 19.7 Å². The van der Waals surface area contributed by atoms with E-state index in [1.54, 1.807) is 12.1 Å². The first-order valence-electron chi connectivity index (χ1n) is 5.57. The summed E-state index contributed by atoms with van der Waals surface area (Å²) in [5, 5.41) is 6.97. The molecule has 0 saturated carbocycles. The van der Waals surface area contributed by atoms with Crippen LogP contribution >= 0.6 is 15.9 Å². The number of hydrogen-bond acceptors (Lipinski definition) is 4. The maximum absolute atomic E-state index is 13.6. The Balaban J connectivity index is 2.21. The number of rotatable bonds is 4. The third-order valence-electron chi connectivity index (χ3n) is 2.30. The van der Waals surface area contributed by atoms with Gasteiger partial charge in [-0.2, -0.15) is 4.98 Å². The number of benzene rings is 1. The van der Waals surface area contributed by atoms with Gasteiger partial charge in [0.2, 0.25) is 0 Å². The summed E-state index contributed by atoms with van der Waals surface area (Å²) >= 11 is 3.28. The topological polar surface area (TPSA) is 51.0 Å². The van der Waals surface area contributed by atoms with E-state index < -0.39 is 0 Å². The third kappa shape index (κ3) is 3.14. The summed E-state index contributed by atoms with van der Waals surface area (Å²) in [5.41, 5.74) is 0.299. The zero-order valence-electron chi connectivity index (χ0n) is 10.1. The van der Waals surface area contributed by atoms with Crippen LogP contribution in [0.3, 0.4) is 0 Å². The Morgan fingerprint density at radius 3 is 2.94 bits per heavy atom. The molecule has 0 bridgehead atoms. The van der Waals surface area contributed by atoms with E-state index in [9.17, 15) is 4.39 Å². The van der Waals surface area contributed by atoms with Crippen molar-refractivity contribution in [3.05, 3.63) is 34.3 Å². The quantitative estimate of drug-likeness (QED) is 0.942. The van der Waals surface area contributed by atoms with E-state index in [2.05, 4.69) is 31.4 Å². The van der Waals surface area contributed by atoms with Gasteiger partial charge in [-0.1, -0.05) is 34.9 Å². The standard InChI is InChI=1S/C12H13BrFN3O/c1-7(2)15-6-11-16-12(18-17-11)9-5-8(13)3-4-10(9)14/h3-5,7,15H,6H2,1-2H3. The molecule has 6 heteroatoms. The van der Waals surface area contributed by atoms with Gasteiger partial charge in [-0.15, -0.1) is 0 Å². The van der Waals surface area contributed by atoms with Crippen LogP contribution in [0.15, 0.2) is 27.2 Å². The molecule has 0 atom stereocenters. The minimum atomic E-state index is -0.384. The summed E-state index contributed by atoms with van der Waals surface area (Å²) in [5.74, 6) is 0.317. The highest BCUT2D eigenvalue weighted by Gasteiger charge is 2.13. The molecule has 2 rings (SSSR count). The first-order valence-corrected chi connectivity index (χ1v) is 6.37. The molecule has 0 saturated heterocycles. The van der Waals surface area contributed by atoms with Gasteiger partial charge >= 0.3 is 0 Å². The maximum atomic E-state index is 13.6. The monoisotopic (exact) mass is 313 g/mol. The maximum Gasteiger partial charge on any atom is 0.260 e. The SMILES string of the molecule is CC(C)NCc1noc(-c2cc(Br)ccc2F)n1. The summed E-state index contributed by atoms with van der Waals surface area (Å²) < 4.78 is 19.4. The highest BCUT2D eigenvalue weighted by Crippen LogP contribution is 2.24. The normalized spacial score (nSPS) is 11.2. The fraction of sp³-hybridized carbons (Fsp3) is 0.333. The van der Waals surface area contributed by atoms with Crippen molar-refractivity contribution in [1.82, 2.24) is 15.5 Å². The minimum Gasteiger partial charge on any atom is -0.334 e. The first kappa shape index (κ1) is 13.2. The molecule has 18 heavy (non-hydrogen) atoms. The second-order valence-corrected chi connectivity index (χ2v) is 5.09. The molecule has 0 radical (unpaired) electrons. The summed E-state index contributed by atoms with van der Waals surface area (Å²) in [6.07, 6.45) is 0. The molecule has 4 nitrogen and oxygen atoms in total. The molecule has 0 aliphatic carbocycles. The van der Waals surface area contributed by atoms with Crippen molar-refractivity contribution in [2.75, 3.05) is 0 Å². The van der Waals surface area contributed by atoms with E-state index >= 15 is 0 Å². The predicted octanol–water partition coefficient (Wildman–Crippen LogP) is 3.14. The molecule has 2 aromatic rings. The van der Waals surface area contributed by atoms with Crippen LogP contribution in [0.25, 0.3) is 11.5 Å². The number of nitrogens with zero attached hydrogens (tertiary/aromatic N) is 2. The van der Waals surface area contributed by atoms with Crippen molar-refractivity contribution >= 4 is 15.9 Å². The van der Waals surface area contributed by atoms with Gasteiger partial charge < -0.3 is 9.84 Å². The molecule has 0 amide bonds. The van der Waals surface area contributed by atoms with Crippen molar-refractivity contribution < 1.29 is 8.91 Å². The van der Waals surface area contributed by atoms with Crippen LogP contribution in [0, 0.1) is 5.82 Å². The summed E-state index contributed by atoms with van der Waals surface area (Å²) in [7, 11) is 0. The summed E-state index contributed by atoms with van der Waals surface area (Å²) in [6.45, 7) is 4.54. The van der Waals surface area contributed by atoms with E-state index in [1.807, 2.05) is 13.8 Å². The Morgan fingerprint density at radius 2 is 2.22 bits per heavy atom. The Labute approximate surface area is 113 Å². The molecule has 0 fully saturated rings. The lowest BCUT2D eigenvalue weighted by molar-refractivity contribution is 0.415. The lowest BCUT2D eigenvalue weighted by atomic mass is 10.2. The number of nitrogens with one attached hydrogen (secondary N) is 1. The fourth-order valence-corrected chi connectivity index (χ4v) is 1.75. The Bertz CT molecular complexity index is 542. The van der Waals surface area contributed by atoms with E-state index in [0.717, 1.165) is 4.47 Å². The molecule has 1 heterocycles. The second-order valence-electron chi connectivity index (χ2n) is 4.18. The zero-order chi connectivity index (χ0) is 13.1. The molecule has 1 aromatic carbocycles. The van der Waals surface area contributed by atoms with E-state index in [1.165, 1.54) is 6.07 Å². The second kappa shape index (κ2) is 5.58. The van der Waals surface area contributed by atoms with Gasteiger partial charge in [0.15, 0.2) is 5.82 Å². The molecule has 0 aliphatic heterocycles. The molecular weight excluding hydrogens is 301 g/mol. The van der Waals surface area contributed by atoms with Crippen LogP contribution in [0.5, 0.6) is 0 Å². The van der Waals surface area contributed by atoms with Gasteiger partial charge in [0.05, 0.1) is 12.1 Å². The van der Waals surface area contributed by atoms with E-state index in [-0.39, 0.29) is 11.7 Å². The smallest absolute Gasteiger partial charge is 0.260 e. The Hall–Kier alpha value is -1.27. The summed E-state index contributed by atoms with van der Waals surface area (Å²) in [6, 6.07) is 4.92. The van der Waals surface area contributed by atoms with Gasteiger partial charge in [0.25, 0.3) is 5.89 Å². The van der Waals surface area contributed by atoms with Gasteiger partial charge in [-0.3, -0.25) is 0 Å². The lowest BCUT2D eigenvalue weighted by Gasteiger charge is -2.03. The summed E-state index contributed by atoms with van der Waals surface area (Å²) in [4.78, 5) is 4.15. The minimum absolute atomic E-state index is 0.189. The fourth-order valence-electron chi connectivity index (χ4n) is 1.39. The highest BCUT2D eigenvalue weighted by atomic mass is 79.9. The van der Waals surface area contributed by atoms with Gasteiger partial charge in [-0.25, -0.2) is 4.39 Å². The molecule has 0 unspecified atom stereocenters. The molecule has 0 spiro atoms. The van der Waals surface area contributed by atoms with E-state index in [0.29, 0.717) is 24.0 Å². The molecular formula is C12H13BrFN3O. The van der Waals surface area contributed by atoms with Crippen molar-refractivity contribution in [3.63, 3.8) is 0 Å². The van der Waals surface area contributed by atoms with Crippen molar-refractivity contribution in [2.45, 2.75) is 26.4 Å². The Kier molecular flexibility index (Phi) is 4.08. The van der Waals surface area contributed by atoms with Crippen molar-refractivity contribution in [2.24, 2.45) is 0 Å². The van der Waals surface area contributed by atoms with Gasteiger partial charge in [0, 0.05) is 10.5 Å². The van der Waals surface area contributed by atoms with Crippen molar-refractivity contribution in [1.29, 1.82) is 0 Å². The van der Waals surface area contributed by atoms with Crippen LogP contribution in [-0.4, -0.2) is 16.2 Å². The number of halogens is 2. The highest BCUT2D eigenvalue weighted by molar-refractivity contribution is 9.10. The molecule has 0 aliphatic rings. The average molecular weight is 314 g/mol. The Morgan fingerprint density at radius 1 is 1.44 bits per heavy atom. The first-order chi connectivity index (χ1) is 8.56. The predicted molar refractivity (Wildman–Crippen MR) is 69.4 cm³/mol. The zero-order valence-corrected chi connectivity index (χ0v) is 11.7. The average Bonchev–Trinajstić information content (AvgIpc) is 2.78. The van der Waals surface area contributed by atoms with Gasteiger partial charge in [0.1, 0.15) is 5.82 Å².